The fraction of sp³-hybridized carbons (Fsp3) is 0.565. The summed E-state index contributed by atoms with van der Waals surface area (Å²) in [7, 11) is 4.35. The van der Waals surface area contributed by atoms with Crippen molar-refractivity contribution >= 4 is 11.8 Å². The average molecular weight is 372 g/mol. The summed E-state index contributed by atoms with van der Waals surface area (Å²) in [6, 6.07) is 10.0. The molecule has 1 N–H and O–H groups in total. The lowest BCUT2D eigenvalue weighted by molar-refractivity contribution is 0.124. The third-order valence-electron chi connectivity index (χ3n) is 5.96. The van der Waals surface area contributed by atoms with E-state index >= 15 is 0 Å². The predicted molar refractivity (Wildman–Crippen MR) is 113 cm³/mol. The molecule has 0 bridgehead atoms. The second-order valence-corrected chi connectivity index (χ2v) is 9.44. The first-order valence-corrected chi connectivity index (χ1v) is 10.9. The molecule has 0 aliphatic heterocycles. The Balaban J connectivity index is 1.62. The summed E-state index contributed by atoms with van der Waals surface area (Å²) in [4.78, 5) is 3.86. The molecule has 142 valence electrons. The number of hydrogen-bond donors (Lipinski definition) is 1. The number of rotatable bonds is 7. The van der Waals surface area contributed by atoms with Gasteiger partial charge in [-0.05, 0) is 50.2 Å². The lowest BCUT2D eigenvalue weighted by Gasteiger charge is -2.41. The van der Waals surface area contributed by atoms with Gasteiger partial charge in [-0.3, -0.25) is 4.90 Å². The van der Waals surface area contributed by atoms with E-state index in [9.17, 15) is 5.11 Å². The third-order valence-corrected chi connectivity index (χ3v) is 7.35. The van der Waals surface area contributed by atoms with Crippen molar-refractivity contribution in [1.82, 2.24) is 4.90 Å². The molecule has 2 aliphatic carbocycles. The molecule has 1 saturated carbocycles. The minimum absolute atomic E-state index is 0.0154. The number of likely N-dealkylation sites (N-methyl/N-ethyl adjacent to an activating group) is 1. The molecular weight excluding hydrogens is 338 g/mol. The molecule has 0 spiro atoms. The highest BCUT2D eigenvalue weighted by Gasteiger charge is 2.33. The van der Waals surface area contributed by atoms with Crippen molar-refractivity contribution in [3.63, 3.8) is 0 Å². The fourth-order valence-corrected chi connectivity index (χ4v) is 5.65. The number of aliphatic hydroxyl groups excluding tert-OH is 1. The largest absolute Gasteiger partial charge is 0.388 e. The average Bonchev–Trinajstić information content (AvgIpc) is 2.68. The maximum Gasteiger partial charge on any atom is 0.0790 e. The van der Waals surface area contributed by atoms with Crippen molar-refractivity contribution in [2.75, 3.05) is 14.1 Å². The van der Waals surface area contributed by atoms with Gasteiger partial charge in [-0.1, -0.05) is 67.8 Å². The first-order chi connectivity index (χ1) is 12.6. The quantitative estimate of drug-likeness (QED) is 0.664. The second kappa shape index (κ2) is 9.25. The van der Waals surface area contributed by atoms with Gasteiger partial charge in [0, 0.05) is 17.2 Å². The molecule has 1 fully saturated rings. The molecule has 2 aliphatic rings. The van der Waals surface area contributed by atoms with E-state index in [-0.39, 0.29) is 11.6 Å². The van der Waals surface area contributed by atoms with Crippen LogP contribution in [0.4, 0.5) is 0 Å². The van der Waals surface area contributed by atoms with Gasteiger partial charge in [0.25, 0.3) is 0 Å². The molecule has 26 heavy (non-hydrogen) atoms. The molecule has 1 aromatic carbocycles. The van der Waals surface area contributed by atoms with Crippen LogP contribution in [0.2, 0.25) is 0 Å². The van der Waals surface area contributed by atoms with Gasteiger partial charge in [0.15, 0.2) is 0 Å². The van der Waals surface area contributed by atoms with Gasteiger partial charge in [0.1, 0.15) is 0 Å². The number of allylic oxidation sites excluding steroid dienone is 2. The highest BCUT2D eigenvalue weighted by atomic mass is 32.2. The summed E-state index contributed by atoms with van der Waals surface area (Å²) in [5.41, 5.74) is 1.04. The van der Waals surface area contributed by atoms with E-state index in [0.29, 0.717) is 0 Å². The summed E-state index contributed by atoms with van der Waals surface area (Å²) in [5.74, 6) is 0. The topological polar surface area (TPSA) is 23.5 Å². The lowest BCUT2D eigenvalue weighted by Crippen LogP contribution is -2.43. The first-order valence-electron chi connectivity index (χ1n) is 10.0. The molecule has 0 heterocycles. The summed E-state index contributed by atoms with van der Waals surface area (Å²) >= 11 is 2.11. The number of benzene rings is 1. The molecule has 3 heteroatoms. The summed E-state index contributed by atoms with van der Waals surface area (Å²) in [5, 5.41) is 11.4. The highest BCUT2D eigenvalue weighted by Crippen LogP contribution is 2.42. The van der Waals surface area contributed by atoms with Gasteiger partial charge in [0.05, 0.1) is 6.10 Å². The Hall–Kier alpha value is -1.03. The van der Waals surface area contributed by atoms with E-state index < -0.39 is 0 Å². The van der Waals surface area contributed by atoms with Gasteiger partial charge in [-0.25, -0.2) is 0 Å². The monoisotopic (exact) mass is 371 g/mol. The van der Waals surface area contributed by atoms with Crippen molar-refractivity contribution in [2.24, 2.45) is 0 Å². The van der Waals surface area contributed by atoms with Gasteiger partial charge >= 0.3 is 0 Å². The van der Waals surface area contributed by atoms with Crippen molar-refractivity contribution in [3.05, 3.63) is 59.0 Å². The zero-order valence-corrected chi connectivity index (χ0v) is 17.0. The molecule has 2 atom stereocenters. The Morgan fingerprint density at radius 1 is 1.15 bits per heavy atom. The summed E-state index contributed by atoms with van der Waals surface area (Å²) in [6.45, 7) is 0. The summed E-state index contributed by atoms with van der Waals surface area (Å²) < 4.78 is 0. The van der Waals surface area contributed by atoms with Crippen molar-refractivity contribution in [3.8, 4) is 0 Å². The SMILES string of the molecule is CN(C)C1(CCC(O)c2ccccc2)C=CC=C(SC2CCCCC2)C1. The van der Waals surface area contributed by atoms with Crippen LogP contribution in [0.25, 0.3) is 0 Å². The Morgan fingerprint density at radius 2 is 1.88 bits per heavy atom. The maximum atomic E-state index is 10.6. The van der Waals surface area contributed by atoms with E-state index in [1.165, 1.54) is 37.0 Å². The zero-order valence-electron chi connectivity index (χ0n) is 16.2. The van der Waals surface area contributed by atoms with Crippen LogP contribution in [0.3, 0.4) is 0 Å². The Kier molecular flexibility index (Phi) is 7.02. The molecule has 2 unspecified atom stereocenters. The van der Waals surface area contributed by atoms with Crippen LogP contribution in [0.15, 0.2) is 53.5 Å². The van der Waals surface area contributed by atoms with Crippen LogP contribution in [0, 0.1) is 0 Å². The van der Waals surface area contributed by atoms with Crippen LogP contribution in [0.5, 0.6) is 0 Å². The van der Waals surface area contributed by atoms with Crippen LogP contribution in [0.1, 0.15) is 63.0 Å². The van der Waals surface area contributed by atoms with Crippen molar-refractivity contribution in [2.45, 2.75) is 68.3 Å². The molecule has 0 radical (unpaired) electrons. The maximum absolute atomic E-state index is 10.6. The van der Waals surface area contributed by atoms with Crippen LogP contribution in [-0.2, 0) is 0 Å². The number of thioether (sulfide) groups is 1. The second-order valence-electron chi connectivity index (χ2n) is 8.01. The van der Waals surface area contributed by atoms with Gasteiger partial charge in [-0.15, -0.1) is 11.8 Å². The Labute approximate surface area is 163 Å². The van der Waals surface area contributed by atoms with Crippen LogP contribution in [-0.4, -0.2) is 34.9 Å². The number of aliphatic hydroxyl groups is 1. The third kappa shape index (κ3) is 5.03. The smallest absolute Gasteiger partial charge is 0.0790 e. The highest BCUT2D eigenvalue weighted by molar-refractivity contribution is 8.03. The van der Waals surface area contributed by atoms with E-state index in [4.69, 9.17) is 0 Å². The molecule has 0 amide bonds. The van der Waals surface area contributed by atoms with Crippen LogP contribution < -0.4 is 0 Å². The Morgan fingerprint density at radius 3 is 2.58 bits per heavy atom. The van der Waals surface area contributed by atoms with Crippen molar-refractivity contribution < 1.29 is 5.11 Å². The minimum Gasteiger partial charge on any atom is -0.388 e. The number of nitrogens with zero attached hydrogens (tertiary/aromatic N) is 1. The fourth-order valence-electron chi connectivity index (χ4n) is 4.16. The van der Waals surface area contributed by atoms with E-state index in [0.717, 1.165) is 30.1 Å². The van der Waals surface area contributed by atoms with Gasteiger partial charge in [-0.2, -0.15) is 0 Å². The normalized spacial score (nSPS) is 25.3. The molecular formula is C23H33NOS. The minimum atomic E-state index is -0.387. The van der Waals surface area contributed by atoms with Crippen molar-refractivity contribution in [1.29, 1.82) is 0 Å². The van der Waals surface area contributed by atoms with Crippen LogP contribution >= 0.6 is 11.8 Å². The summed E-state index contributed by atoms with van der Waals surface area (Å²) in [6.07, 6.45) is 16.3. The number of hydrogen-bond acceptors (Lipinski definition) is 3. The standard InChI is InChI=1S/C23H33NOS/c1-24(2)23(17-15-22(25)19-10-5-3-6-11-19)16-9-14-21(18-23)26-20-12-7-4-8-13-20/h3,5-6,9-11,14,16,20,22,25H,4,7-8,12-13,15,17-18H2,1-2H3. The van der Waals surface area contributed by atoms with Gasteiger partial charge in [0.2, 0.25) is 0 Å². The predicted octanol–water partition coefficient (Wildman–Crippen LogP) is 5.71. The lowest BCUT2D eigenvalue weighted by atomic mass is 9.83. The molecule has 0 saturated heterocycles. The first kappa shape index (κ1) is 19.7. The molecule has 1 aromatic rings. The Bertz CT molecular complexity index is 618. The van der Waals surface area contributed by atoms with E-state index in [2.05, 4.69) is 49.0 Å². The van der Waals surface area contributed by atoms with E-state index in [1.54, 1.807) is 0 Å². The molecule has 0 aromatic heterocycles. The van der Waals surface area contributed by atoms with E-state index in [1.807, 2.05) is 30.3 Å². The molecule has 2 nitrogen and oxygen atoms in total. The zero-order chi connectivity index (χ0) is 18.4. The van der Waals surface area contributed by atoms with Gasteiger partial charge < -0.3 is 5.11 Å². The molecule has 3 rings (SSSR count).